The lowest BCUT2D eigenvalue weighted by Crippen LogP contribution is -2.84. The maximum absolute atomic E-state index is 13.3. The highest BCUT2D eigenvalue weighted by Gasteiger charge is 2.84. The second kappa shape index (κ2) is 4.61. The molecule has 0 radical (unpaired) electrons. The van der Waals surface area contributed by atoms with Gasteiger partial charge < -0.3 is 25.2 Å². The van der Waals surface area contributed by atoms with Gasteiger partial charge in [-0.25, -0.2) is 0 Å². The fraction of sp³-hybridized carbons (Fsp3) is 0.850. The molecule has 4 aliphatic carbocycles. The van der Waals surface area contributed by atoms with Crippen LogP contribution in [0.25, 0.3) is 0 Å². The van der Waals surface area contributed by atoms with Gasteiger partial charge in [0.15, 0.2) is 5.78 Å². The largest absolute Gasteiger partial charge is 0.392 e. The van der Waals surface area contributed by atoms with Crippen molar-refractivity contribution in [2.24, 2.45) is 34.0 Å². The summed E-state index contributed by atoms with van der Waals surface area (Å²) in [6.07, 6.45) is -0.944. The molecule has 0 aromatic heterocycles. The number of hydrogen-bond donors (Lipinski definition) is 4. The first-order valence-electron chi connectivity index (χ1n) is 9.69. The lowest BCUT2D eigenvalue weighted by molar-refractivity contribution is -0.453. The van der Waals surface area contributed by atoms with Crippen molar-refractivity contribution in [3.8, 4) is 0 Å². The van der Waals surface area contributed by atoms with E-state index in [1.165, 1.54) is 0 Å². The van der Waals surface area contributed by atoms with Crippen LogP contribution in [0.3, 0.4) is 0 Å². The fourth-order valence-electron chi connectivity index (χ4n) is 7.77. The molecule has 144 valence electrons. The fourth-order valence-corrected chi connectivity index (χ4v) is 7.77. The summed E-state index contributed by atoms with van der Waals surface area (Å²) in [7, 11) is 0. The Bertz CT molecular complexity index is 717. The number of carbonyl (C=O) groups is 1. The average molecular weight is 364 g/mol. The molecule has 0 unspecified atom stereocenters. The van der Waals surface area contributed by atoms with E-state index in [1.54, 1.807) is 0 Å². The Morgan fingerprint density at radius 2 is 1.85 bits per heavy atom. The van der Waals surface area contributed by atoms with E-state index in [0.29, 0.717) is 18.4 Å². The zero-order valence-electron chi connectivity index (χ0n) is 15.3. The number of aliphatic hydroxyl groups is 4. The van der Waals surface area contributed by atoms with E-state index in [9.17, 15) is 25.2 Å². The van der Waals surface area contributed by atoms with Gasteiger partial charge in [-0.05, 0) is 42.1 Å². The highest BCUT2D eigenvalue weighted by Crippen LogP contribution is 2.76. The lowest BCUT2D eigenvalue weighted by atomic mass is 9.35. The summed E-state index contributed by atoms with van der Waals surface area (Å²) in [5, 5.41) is 44.6. The molecule has 9 atom stereocenters. The van der Waals surface area contributed by atoms with Crippen LogP contribution in [-0.2, 0) is 9.53 Å². The van der Waals surface area contributed by atoms with E-state index in [1.807, 2.05) is 13.8 Å². The Labute approximate surface area is 152 Å². The van der Waals surface area contributed by atoms with Crippen molar-refractivity contribution in [2.45, 2.75) is 63.6 Å². The monoisotopic (exact) mass is 364 g/mol. The Hall–Kier alpha value is -0.790. The standard InChI is InChI=1S/C20H28O6/c1-9-10-4-5-11-18-8-26-20(25,19(11,7-10)15(9)23)16(24)14(18)17(2,3)12(21)6-13(18)22/h10-14,16,21-22,24-25H,1,4-8H2,2-3H3/t10-,11+,12-,13+,14-,16+,18-,19+,20-/m1/s1. The van der Waals surface area contributed by atoms with Crippen molar-refractivity contribution in [3.63, 3.8) is 0 Å². The minimum absolute atomic E-state index is 0.00658. The summed E-state index contributed by atoms with van der Waals surface area (Å²) in [5.41, 5.74) is -2.28. The molecule has 6 nitrogen and oxygen atoms in total. The van der Waals surface area contributed by atoms with E-state index in [-0.39, 0.29) is 30.6 Å². The molecule has 2 heterocycles. The first kappa shape index (κ1) is 17.3. The molecule has 6 aliphatic rings. The van der Waals surface area contributed by atoms with Gasteiger partial charge in [-0.3, -0.25) is 4.79 Å². The third-order valence-electron chi connectivity index (χ3n) is 9.01. The number of allylic oxidation sites excluding steroid dienone is 1. The summed E-state index contributed by atoms with van der Waals surface area (Å²) in [4.78, 5) is 13.3. The van der Waals surface area contributed by atoms with Crippen molar-refractivity contribution < 1.29 is 30.0 Å². The Balaban J connectivity index is 1.78. The van der Waals surface area contributed by atoms with Gasteiger partial charge in [0.2, 0.25) is 5.79 Å². The molecule has 4 bridgehead atoms. The van der Waals surface area contributed by atoms with Crippen LogP contribution in [0.2, 0.25) is 0 Å². The van der Waals surface area contributed by atoms with Crippen LogP contribution < -0.4 is 0 Å². The molecule has 2 spiro atoms. The molecule has 0 aromatic carbocycles. The van der Waals surface area contributed by atoms with Crippen molar-refractivity contribution in [2.75, 3.05) is 6.61 Å². The Morgan fingerprint density at radius 3 is 2.54 bits per heavy atom. The average Bonchev–Trinajstić information content (AvgIpc) is 2.77. The second-order valence-corrected chi connectivity index (χ2v) is 9.97. The van der Waals surface area contributed by atoms with E-state index < -0.39 is 46.3 Å². The molecular weight excluding hydrogens is 336 g/mol. The van der Waals surface area contributed by atoms with Crippen LogP contribution in [0.15, 0.2) is 12.2 Å². The normalized spacial score (nSPS) is 59.9. The minimum Gasteiger partial charge on any atom is -0.392 e. The zero-order valence-corrected chi connectivity index (χ0v) is 15.3. The smallest absolute Gasteiger partial charge is 0.205 e. The zero-order chi connectivity index (χ0) is 18.9. The number of ether oxygens (including phenoxy) is 1. The van der Waals surface area contributed by atoms with Crippen molar-refractivity contribution in [1.29, 1.82) is 0 Å². The van der Waals surface area contributed by atoms with Gasteiger partial charge in [-0.2, -0.15) is 0 Å². The molecule has 6 heteroatoms. The van der Waals surface area contributed by atoms with Crippen molar-refractivity contribution in [1.82, 2.24) is 0 Å². The third-order valence-corrected chi connectivity index (χ3v) is 9.01. The van der Waals surface area contributed by atoms with Crippen LogP contribution in [0.4, 0.5) is 0 Å². The van der Waals surface area contributed by atoms with Crippen LogP contribution in [-0.4, -0.2) is 56.9 Å². The topological polar surface area (TPSA) is 107 Å². The summed E-state index contributed by atoms with van der Waals surface area (Å²) in [6, 6.07) is 0. The lowest BCUT2D eigenvalue weighted by Gasteiger charge is -2.74. The summed E-state index contributed by atoms with van der Waals surface area (Å²) in [5.74, 6) is -3.03. The van der Waals surface area contributed by atoms with Crippen LogP contribution >= 0.6 is 0 Å². The number of rotatable bonds is 0. The van der Waals surface area contributed by atoms with Crippen LogP contribution in [0, 0.1) is 34.0 Å². The maximum Gasteiger partial charge on any atom is 0.205 e. The predicted molar refractivity (Wildman–Crippen MR) is 90.7 cm³/mol. The summed E-state index contributed by atoms with van der Waals surface area (Å²) >= 11 is 0. The predicted octanol–water partition coefficient (Wildman–Crippen LogP) is 0.376. The van der Waals surface area contributed by atoms with Gasteiger partial charge in [0, 0.05) is 17.8 Å². The van der Waals surface area contributed by atoms with Gasteiger partial charge in [0.05, 0.1) is 24.2 Å². The van der Waals surface area contributed by atoms with E-state index >= 15 is 0 Å². The first-order chi connectivity index (χ1) is 12.0. The summed E-state index contributed by atoms with van der Waals surface area (Å²) in [6.45, 7) is 7.81. The Morgan fingerprint density at radius 1 is 1.15 bits per heavy atom. The highest BCUT2D eigenvalue weighted by molar-refractivity contribution is 6.04. The van der Waals surface area contributed by atoms with E-state index in [0.717, 1.165) is 6.42 Å². The van der Waals surface area contributed by atoms with Gasteiger partial charge >= 0.3 is 0 Å². The minimum atomic E-state index is -1.99. The molecule has 6 fully saturated rings. The molecular formula is C20H28O6. The van der Waals surface area contributed by atoms with Gasteiger partial charge in [0.25, 0.3) is 0 Å². The van der Waals surface area contributed by atoms with Crippen LogP contribution in [0.1, 0.15) is 39.5 Å². The highest BCUT2D eigenvalue weighted by atomic mass is 16.6. The van der Waals surface area contributed by atoms with E-state index in [2.05, 4.69) is 6.58 Å². The first-order valence-corrected chi connectivity index (χ1v) is 9.69. The maximum atomic E-state index is 13.3. The third kappa shape index (κ3) is 1.44. The SMILES string of the molecule is C=C1C(=O)[C@]23C[C@H]1CC[C@H]2[C@@]12CO[C@]3(O)[C@@H](O)[C@@H]1C(C)(C)[C@H](O)C[C@@H]2O. The molecule has 2 aliphatic heterocycles. The molecule has 4 N–H and O–H groups in total. The van der Waals surface area contributed by atoms with Crippen molar-refractivity contribution >= 4 is 5.78 Å². The van der Waals surface area contributed by atoms with Gasteiger partial charge in [-0.1, -0.05) is 20.4 Å². The van der Waals surface area contributed by atoms with Gasteiger partial charge in [0.1, 0.15) is 6.10 Å². The van der Waals surface area contributed by atoms with Gasteiger partial charge in [-0.15, -0.1) is 0 Å². The number of ketones is 1. The summed E-state index contributed by atoms with van der Waals surface area (Å²) < 4.78 is 5.85. The number of Topliss-reactive ketones (excluding diaryl/α,β-unsaturated/α-hetero) is 1. The molecule has 0 amide bonds. The van der Waals surface area contributed by atoms with Crippen molar-refractivity contribution in [3.05, 3.63) is 12.2 Å². The molecule has 26 heavy (non-hydrogen) atoms. The number of hydrogen-bond acceptors (Lipinski definition) is 6. The molecule has 0 aromatic rings. The molecule has 6 rings (SSSR count). The van der Waals surface area contributed by atoms with E-state index in [4.69, 9.17) is 4.74 Å². The number of fused-ring (bicyclic) bond motifs is 2. The van der Waals surface area contributed by atoms with Crippen LogP contribution in [0.5, 0.6) is 0 Å². The quantitative estimate of drug-likeness (QED) is 0.463. The number of aliphatic hydroxyl groups excluding tert-OH is 3. The molecule has 2 saturated heterocycles. The number of carbonyl (C=O) groups excluding carboxylic acids is 1. The molecule has 4 saturated carbocycles. The Kier molecular flexibility index (Phi) is 3.07. The second-order valence-electron chi connectivity index (χ2n) is 9.97.